The lowest BCUT2D eigenvalue weighted by atomic mass is 9.44. The van der Waals surface area contributed by atoms with Gasteiger partial charge in [-0.3, -0.25) is 28.8 Å². The van der Waals surface area contributed by atoms with Gasteiger partial charge in [-0.1, -0.05) is 117 Å². The number of Topliss-reactive ketones (excluding diaryl/α,β-unsaturated/α-hetero) is 1. The van der Waals surface area contributed by atoms with Crippen LogP contribution in [0.15, 0.2) is 157 Å². The molecule has 6 aromatic rings. The van der Waals surface area contributed by atoms with Crippen molar-refractivity contribution in [1.82, 2.24) is 30.8 Å². The van der Waals surface area contributed by atoms with Crippen LogP contribution >= 0.6 is 0 Å². The Morgan fingerprint density at radius 2 is 1.49 bits per heavy atom. The Labute approximate surface area is 576 Å². The van der Waals surface area contributed by atoms with E-state index >= 15 is 4.79 Å². The number of esters is 5. The van der Waals surface area contributed by atoms with Crippen molar-refractivity contribution in [2.45, 2.75) is 121 Å². The van der Waals surface area contributed by atoms with Crippen molar-refractivity contribution >= 4 is 53.1 Å². The molecule has 1 aromatic heterocycles. The van der Waals surface area contributed by atoms with Crippen molar-refractivity contribution in [1.29, 1.82) is 0 Å². The molecule has 1 saturated heterocycles. The van der Waals surface area contributed by atoms with Gasteiger partial charge in [0.1, 0.15) is 54.7 Å². The maximum Gasteiger partial charge on any atom is 0.338 e. The number of anilines is 1. The van der Waals surface area contributed by atoms with Crippen molar-refractivity contribution in [3.05, 3.63) is 180 Å². The second kappa shape index (κ2) is 31.0. The Morgan fingerprint density at radius 3 is 2.11 bits per heavy atom. The number of benzene rings is 5. The minimum Gasteiger partial charge on any atom is -0.487 e. The van der Waals surface area contributed by atoms with Gasteiger partial charge in [0.05, 0.1) is 55.8 Å². The van der Waals surface area contributed by atoms with Gasteiger partial charge < -0.3 is 73.9 Å². The zero-order chi connectivity index (χ0) is 71.7. The number of aromatic nitrogens is 4. The monoisotopic (exact) mass is 1380 g/mol. The molecule has 1 aliphatic heterocycles. The predicted octanol–water partition coefficient (Wildman–Crippen LogP) is 5.01. The highest BCUT2D eigenvalue weighted by Crippen LogP contribution is 2.65. The second-order valence-electron chi connectivity index (χ2n) is 25.7. The smallest absolute Gasteiger partial charge is 0.338 e. The lowest BCUT2D eigenvalue weighted by Gasteiger charge is -2.67. The van der Waals surface area contributed by atoms with Gasteiger partial charge in [-0.25, -0.2) is 9.59 Å². The number of ether oxygens (including phenoxy) is 8. The molecular weight excluding hydrogens is 1290 g/mol. The number of carbonyl (C=O) groups is 8. The highest BCUT2D eigenvalue weighted by Gasteiger charge is 2.79. The minimum atomic E-state index is -2.56. The molecule has 0 unspecified atom stereocenters. The third kappa shape index (κ3) is 14.9. The van der Waals surface area contributed by atoms with E-state index in [1.807, 2.05) is 0 Å². The number of carbonyl (C=O) groups excluding carboxylic acids is 8. The summed E-state index contributed by atoms with van der Waals surface area (Å²) in [6.07, 6.45) is -10.4. The van der Waals surface area contributed by atoms with Crippen LogP contribution in [0.2, 0.25) is 0 Å². The van der Waals surface area contributed by atoms with Gasteiger partial charge >= 0.3 is 29.8 Å². The van der Waals surface area contributed by atoms with Gasteiger partial charge in [0.2, 0.25) is 11.7 Å². The summed E-state index contributed by atoms with van der Waals surface area (Å²) in [6.45, 7) is 11.2. The number of aliphatic hydroxyl groups is 4. The maximum absolute atomic E-state index is 16.5. The van der Waals surface area contributed by atoms with Crippen LogP contribution in [0.3, 0.4) is 0 Å². The molecule has 2 bridgehead atoms. The molecule has 3 fully saturated rings. The van der Waals surface area contributed by atoms with E-state index in [2.05, 4.69) is 32.6 Å². The third-order valence-electron chi connectivity index (χ3n) is 19.1. The van der Waals surface area contributed by atoms with E-state index in [9.17, 15) is 54.0 Å². The Hall–Kier alpha value is -10.0. The molecule has 5 aromatic carbocycles. The summed E-state index contributed by atoms with van der Waals surface area (Å²) >= 11 is 0. The molecule has 2 amide bonds. The van der Waals surface area contributed by atoms with Crippen molar-refractivity contribution < 1.29 is 96.7 Å². The summed E-state index contributed by atoms with van der Waals surface area (Å²) < 4.78 is 49.3. The molecule has 2 heterocycles. The van der Waals surface area contributed by atoms with Gasteiger partial charge in [0, 0.05) is 74.6 Å². The largest absolute Gasteiger partial charge is 0.487 e. The number of amides is 2. The molecule has 6 N–H and O–H groups in total. The molecule has 2 saturated carbocycles. The first kappa shape index (κ1) is 72.7. The molecule has 0 radical (unpaired) electrons. The Bertz CT molecular complexity index is 4020. The van der Waals surface area contributed by atoms with E-state index in [0.29, 0.717) is 39.6 Å². The van der Waals surface area contributed by atoms with Gasteiger partial charge in [0.15, 0.2) is 23.6 Å². The zero-order valence-corrected chi connectivity index (χ0v) is 56.1. The fourth-order valence-electron chi connectivity index (χ4n) is 14.1. The first-order chi connectivity index (χ1) is 47.9. The molecule has 10 rings (SSSR count). The number of rotatable bonds is 28. The summed E-state index contributed by atoms with van der Waals surface area (Å²) in [5.74, 6) is -8.33. The molecule has 528 valence electrons. The molecule has 0 spiro atoms. The maximum atomic E-state index is 16.5. The Morgan fingerprint density at radius 1 is 0.830 bits per heavy atom. The summed E-state index contributed by atoms with van der Waals surface area (Å²) in [7, 11) is 0. The van der Waals surface area contributed by atoms with Crippen LogP contribution in [0.25, 0.3) is 17.1 Å². The number of ketones is 1. The first-order valence-corrected chi connectivity index (χ1v) is 32.7. The van der Waals surface area contributed by atoms with Crippen molar-refractivity contribution in [3.8, 4) is 22.8 Å². The highest BCUT2D eigenvalue weighted by atomic mass is 16.6. The quantitative estimate of drug-likeness (QED) is 0.0214. The number of tetrazole rings is 1. The highest BCUT2D eigenvalue weighted by molar-refractivity contribution is 5.97. The fraction of sp³-hybridized carbons (Fsp3) is 0.411. The molecule has 4 aliphatic rings. The van der Waals surface area contributed by atoms with Gasteiger partial charge in [-0.05, 0) is 77.7 Å². The average molecular weight is 1380 g/mol. The van der Waals surface area contributed by atoms with E-state index in [-0.39, 0.29) is 74.8 Å². The SMILES string of the molecule is C=CCOc1cc(N(CCO)CCO)ccc1-n1nnc(-c2ccc(COCC(=O)NCCC(=O)O[C@H]3C[C@H]4OC[C@@]4(OC(C)=O)[C@H]4[C@H](OC(=O)c5ccccc5)[C@]5(O)C[C@H](OC(=O)[C@H](O)[C@@H](NC(=O)c6ccccc6)c6ccccc6)C(C)=C([C@@H](OC(C)=O)C(=O)[C@]34C)C5(C)C)cc2)n1. The van der Waals surface area contributed by atoms with Crippen LogP contribution in [-0.2, 0) is 68.5 Å². The van der Waals surface area contributed by atoms with E-state index in [1.165, 1.54) is 44.6 Å². The average Bonchev–Trinajstić information content (AvgIpc) is 0.696. The summed E-state index contributed by atoms with van der Waals surface area (Å²) in [5.41, 5.74) is -5.59. The fourth-order valence-corrected chi connectivity index (χ4v) is 14.1. The topological polar surface area (TPSA) is 362 Å². The first-order valence-electron chi connectivity index (χ1n) is 32.7. The standard InChI is InChI=1S/C73H81N7O20/c1-8-36-94-53-37-51(79(32-34-81)33-35-82)28-29-52(53)80-77-66(76-78-80)48-26-24-46(25-27-48)40-93-41-57(85)74-31-30-58(86)98-55-38-56-72(42-95-56,100-45(4)84)63-65(99-68(90)50-22-16-11-17-23-50)73(92)39-54(43(2)59(70(73,5)6)62(96-44(3)83)64(88)71(55,63)7)97-69(91)61(87)60(47-18-12-9-13-19-47)75-67(89)49-20-14-10-15-21-49/h8-29,37,54-56,60-63,65,81-82,87,92H,1,30-36,38-42H2,2-7H3,(H,74,85)(H,75,89)/t54-,55-,56+,60-,61+,62+,63-,65-,71+,72-,73+/m0/s1. The number of hydrogen-bond donors (Lipinski definition) is 6. The van der Waals surface area contributed by atoms with E-state index < -0.39 is 144 Å². The van der Waals surface area contributed by atoms with Gasteiger partial charge in [0.25, 0.3) is 5.91 Å². The zero-order valence-electron chi connectivity index (χ0n) is 56.1. The van der Waals surface area contributed by atoms with Gasteiger partial charge in [-0.15, -0.1) is 15.0 Å². The van der Waals surface area contributed by atoms with Crippen LogP contribution in [0.5, 0.6) is 5.75 Å². The molecule has 11 atom stereocenters. The van der Waals surface area contributed by atoms with Crippen LogP contribution in [0.4, 0.5) is 5.69 Å². The van der Waals surface area contributed by atoms with Crippen LogP contribution in [-0.4, -0.2) is 189 Å². The number of nitrogens with one attached hydrogen (secondary N) is 2. The summed E-state index contributed by atoms with van der Waals surface area (Å²) in [5, 5.41) is 63.9. The summed E-state index contributed by atoms with van der Waals surface area (Å²) in [6, 6.07) is 34.8. The molecule has 100 heavy (non-hydrogen) atoms. The van der Waals surface area contributed by atoms with Crippen LogP contribution in [0.1, 0.15) is 98.7 Å². The van der Waals surface area contributed by atoms with Gasteiger partial charge in [-0.2, -0.15) is 0 Å². The van der Waals surface area contributed by atoms with E-state index in [4.69, 9.17) is 37.9 Å². The number of hydrogen-bond acceptors (Lipinski definition) is 24. The molecular formula is C73H81N7O20. The Kier molecular flexibility index (Phi) is 22.6. The summed E-state index contributed by atoms with van der Waals surface area (Å²) in [4.78, 5) is 118. The van der Waals surface area contributed by atoms with E-state index in [1.54, 1.807) is 132 Å². The molecule has 3 aliphatic carbocycles. The second-order valence-corrected chi connectivity index (χ2v) is 25.7. The molecule has 27 heteroatoms. The minimum absolute atomic E-state index is 0.00259. The number of aliphatic hydroxyl groups excluding tert-OH is 3. The predicted molar refractivity (Wildman–Crippen MR) is 356 cm³/mol. The lowest BCUT2D eigenvalue weighted by molar-refractivity contribution is -0.346. The van der Waals surface area contributed by atoms with Crippen LogP contribution < -0.4 is 20.3 Å². The number of fused-ring (bicyclic) bond motifs is 5. The van der Waals surface area contributed by atoms with Crippen molar-refractivity contribution in [3.63, 3.8) is 0 Å². The lowest BCUT2D eigenvalue weighted by Crippen LogP contribution is -2.82. The van der Waals surface area contributed by atoms with Crippen molar-refractivity contribution in [2.75, 3.05) is 57.6 Å². The Balaban J connectivity index is 0.883. The number of nitrogens with zero attached hydrogens (tertiary/aromatic N) is 5. The normalized spacial score (nSPS) is 24.0. The van der Waals surface area contributed by atoms with E-state index in [0.717, 1.165) is 13.8 Å². The molecule has 27 nitrogen and oxygen atoms in total. The van der Waals surface area contributed by atoms with Crippen LogP contribution in [0, 0.1) is 16.7 Å². The third-order valence-corrected chi connectivity index (χ3v) is 19.1. The van der Waals surface area contributed by atoms with Crippen molar-refractivity contribution in [2.24, 2.45) is 16.7 Å².